The molecule has 0 aliphatic heterocycles. The lowest BCUT2D eigenvalue weighted by Gasteiger charge is -2.19. The molecule has 0 spiro atoms. The maximum Gasteiger partial charge on any atom is 0.143 e. The Hall–Kier alpha value is -2.08. The molecule has 1 heterocycles. The van der Waals surface area contributed by atoms with Crippen molar-refractivity contribution in [2.24, 2.45) is 23.9 Å². The van der Waals surface area contributed by atoms with E-state index in [0.717, 1.165) is 17.8 Å². The molecule has 3 N–H and O–H groups in total. The number of hydrogen-bond acceptors (Lipinski definition) is 4. The zero-order chi connectivity index (χ0) is 14.7. The van der Waals surface area contributed by atoms with E-state index in [1.807, 2.05) is 37.8 Å². The lowest BCUT2D eigenvalue weighted by molar-refractivity contribution is 0.288. The summed E-state index contributed by atoms with van der Waals surface area (Å²) >= 11 is 0. The molecule has 1 aromatic carbocycles. The van der Waals surface area contributed by atoms with Crippen molar-refractivity contribution in [1.29, 1.82) is 0 Å². The van der Waals surface area contributed by atoms with E-state index in [0.29, 0.717) is 6.54 Å². The Balaban J connectivity index is 2.12. The number of rotatable bonds is 5. The summed E-state index contributed by atoms with van der Waals surface area (Å²) in [5.74, 6) is 0.253. The summed E-state index contributed by atoms with van der Waals surface area (Å²) in [5.41, 5.74) is 7.77. The summed E-state index contributed by atoms with van der Waals surface area (Å²) in [7, 11) is 3.95. The van der Waals surface area contributed by atoms with E-state index in [9.17, 15) is 0 Å². The lowest BCUT2D eigenvalue weighted by atomic mass is 10.1. The predicted molar refractivity (Wildman–Crippen MR) is 79.6 cm³/mol. The number of amidine groups is 1. The second-order valence-corrected chi connectivity index (χ2v) is 5.21. The fraction of sp³-hybridized carbons (Fsp3) is 0.429. The second kappa shape index (κ2) is 5.92. The third-order valence-corrected chi connectivity index (χ3v) is 3.46. The topological polar surface area (TPSA) is 79.7 Å². The standard InChI is InChI=1S/C14H21N5O/c1-10(14(15)17-20)8-18(2)9-12-11-6-4-5-7-13(11)19(3)16-12/h4-7,10,20H,8-9H2,1-3H3,(H2,15,17). The minimum atomic E-state index is -0.0000218. The Bertz CT molecular complexity index is 619. The van der Waals surface area contributed by atoms with E-state index >= 15 is 0 Å². The minimum Gasteiger partial charge on any atom is -0.409 e. The number of aromatic nitrogens is 2. The van der Waals surface area contributed by atoms with Crippen LogP contribution in [-0.2, 0) is 13.6 Å². The summed E-state index contributed by atoms with van der Waals surface area (Å²) in [6, 6.07) is 8.17. The summed E-state index contributed by atoms with van der Waals surface area (Å²) < 4.78 is 1.89. The van der Waals surface area contributed by atoms with Gasteiger partial charge in [0.1, 0.15) is 5.84 Å². The molecule has 1 atom stereocenters. The van der Waals surface area contributed by atoms with E-state index in [2.05, 4.69) is 27.3 Å². The van der Waals surface area contributed by atoms with Gasteiger partial charge in [0.15, 0.2) is 0 Å². The van der Waals surface area contributed by atoms with Gasteiger partial charge in [-0.2, -0.15) is 5.10 Å². The number of nitrogens with two attached hydrogens (primary N) is 1. The first-order valence-corrected chi connectivity index (χ1v) is 6.59. The molecule has 0 aliphatic rings. The maximum absolute atomic E-state index is 8.68. The van der Waals surface area contributed by atoms with Gasteiger partial charge in [-0.25, -0.2) is 0 Å². The number of hydrogen-bond donors (Lipinski definition) is 2. The number of nitrogens with zero attached hydrogens (tertiary/aromatic N) is 4. The van der Waals surface area contributed by atoms with Crippen LogP contribution in [0.5, 0.6) is 0 Å². The number of fused-ring (bicyclic) bond motifs is 1. The first kappa shape index (κ1) is 14.3. The zero-order valence-corrected chi connectivity index (χ0v) is 12.1. The normalized spacial score (nSPS) is 14.1. The SMILES string of the molecule is CC(CN(C)Cc1nn(C)c2ccccc12)C(N)=NO. The van der Waals surface area contributed by atoms with Crippen molar-refractivity contribution in [1.82, 2.24) is 14.7 Å². The number of benzene rings is 1. The highest BCUT2D eigenvalue weighted by Crippen LogP contribution is 2.18. The Morgan fingerprint density at radius 1 is 1.50 bits per heavy atom. The molecule has 0 amide bonds. The highest BCUT2D eigenvalue weighted by Gasteiger charge is 2.14. The molecule has 20 heavy (non-hydrogen) atoms. The van der Waals surface area contributed by atoms with E-state index in [1.165, 1.54) is 5.39 Å². The van der Waals surface area contributed by atoms with Crippen LogP contribution < -0.4 is 5.73 Å². The fourth-order valence-corrected chi connectivity index (χ4v) is 2.39. The molecule has 6 heteroatoms. The maximum atomic E-state index is 8.68. The second-order valence-electron chi connectivity index (χ2n) is 5.21. The van der Waals surface area contributed by atoms with Crippen LogP contribution in [0.4, 0.5) is 0 Å². The van der Waals surface area contributed by atoms with Crippen molar-refractivity contribution in [2.45, 2.75) is 13.5 Å². The largest absolute Gasteiger partial charge is 0.409 e. The number of oxime groups is 1. The van der Waals surface area contributed by atoms with E-state index in [-0.39, 0.29) is 11.8 Å². The van der Waals surface area contributed by atoms with Gasteiger partial charge in [0.2, 0.25) is 0 Å². The van der Waals surface area contributed by atoms with E-state index in [4.69, 9.17) is 10.9 Å². The number of aryl methyl sites for hydroxylation is 1. The molecule has 0 saturated heterocycles. The molecule has 2 aromatic rings. The molecule has 1 aromatic heterocycles. The van der Waals surface area contributed by atoms with Crippen LogP contribution in [0.3, 0.4) is 0 Å². The lowest BCUT2D eigenvalue weighted by Crippen LogP contribution is -2.32. The third-order valence-electron chi connectivity index (χ3n) is 3.46. The van der Waals surface area contributed by atoms with Gasteiger partial charge in [0, 0.05) is 31.4 Å². The summed E-state index contributed by atoms with van der Waals surface area (Å²) in [4.78, 5) is 2.12. The van der Waals surface area contributed by atoms with Gasteiger partial charge in [-0.05, 0) is 13.1 Å². The Morgan fingerprint density at radius 3 is 2.90 bits per heavy atom. The van der Waals surface area contributed by atoms with Crippen molar-refractivity contribution < 1.29 is 5.21 Å². The van der Waals surface area contributed by atoms with Gasteiger partial charge in [-0.1, -0.05) is 30.3 Å². The number of para-hydroxylation sites is 1. The molecule has 6 nitrogen and oxygen atoms in total. The molecule has 0 aliphatic carbocycles. The molecule has 0 bridgehead atoms. The third kappa shape index (κ3) is 2.91. The van der Waals surface area contributed by atoms with Crippen LogP contribution in [0, 0.1) is 5.92 Å². The van der Waals surface area contributed by atoms with Gasteiger partial charge >= 0.3 is 0 Å². The van der Waals surface area contributed by atoms with Gasteiger partial charge in [-0.3, -0.25) is 9.58 Å². The van der Waals surface area contributed by atoms with Crippen LogP contribution in [0.15, 0.2) is 29.4 Å². The van der Waals surface area contributed by atoms with Crippen molar-refractivity contribution in [2.75, 3.05) is 13.6 Å². The fourth-order valence-electron chi connectivity index (χ4n) is 2.39. The average Bonchev–Trinajstić information content (AvgIpc) is 2.75. The first-order valence-electron chi connectivity index (χ1n) is 6.59. The van der Waals surface area contributed by atoms with Crippen LogP contribution in [-0.4, -0.2) is 39.3 Å². The zero-order valence-electron chi connectivity index (χ0n) is 12.1. The Kier molecular flexibility index (Phi) is 4.24. The Morgan fingerprint density at radius 2 is 2.20 bits per heavy atom. The van der Waals surface area contributed by atoms with Gasteiger partial charge < -0.3 is 10.9 Å². The van der Waals surface area contributed by atoms with Crippen molar-refractivity contribution >= 4 is 16.7 Å². The summed E-state index contributed by atoms with van der Waals surface area (Å²) in [6.45, 7) is 3.37. The van der Waals surface area contributed by atoms with E-state index < -0.39 is 0 Å². The van der Waals surface area contributed by atoms with Gasteiger partial charge in [0.05, 0.1) is 11.2 Å². The van der Waals surface area contributed by atoms with E-state index in [1.54, 1.807) is 0 Å². The first-order chi connectivity index (χ1) is 9.52. The van der Waals surface area contributed by atoms with Crippen LogP contribution in [0.1, 0.15) is 12.6 Å². The van der Waals surface area contributed by atoms with Crippen molar-refractivity contribution in [3.8, 4) is 0 Å². The molecule has 0 radical (unpaired) electrons. The monoisotopic (exact) mass is 275 g/mol. The van der Waals surface area contributed by atoms with Crippen molar-refractivity contribution in [3.63, 3.8) is 0 Å². The average molecular weight is 275 g/mol. The molecule has 0 fully saturated rings. The Labute approximate surface area is 118 Å². The molecule has 2 rings (SSSR count). The summed E-state index contributed by atoms with van der Waals surface area (Å²) in [6.07, 6.45) is 0. The minimum absolute atomic E-state index is 0.0000218. The quantitative estimate of drug-likeness (QED) is 0.374. The highest BCUT2D eigenvalue weighted by molar-refractivity contribution is 5.82. The van der Waals surface area contributed by atoms with Crippen LogP contribution >= 0.6 is 0 Å². The van der Waals surface area contributed by atoms with Crippen LogP contribution in [0.2, 0.25) is 0 Å². The molecule has 0 saturated carbocycles. The molecular weight excluding hydrogens is 254 g/mol. The van der Waals surface area contributed by atoms with Gasteiger partial charge in [-0.15, -0.1) is 0 Å². The molecular formula is C14H21N5O. The van der Waals surface area contributed by atoms with Crippen LogP contribution in [0.25, 0.3) is 10.9 Å². The summed E-state index contributed by atoms with van der Waals surface area (Å²) in [5, 5.41) is 17.5. The van der Waals surface area contributed by atoms with Gasteiger partial charge in [0.25, 0.3) is 0 Å². The van der Waals surface area contributed by atoms with Crippen molar-refractivity contribution in [3.05, 3.63) is 30.0 Å². The highest BCUT2D eigenvalue weighted by atomic mass is 16.4. The molecule has 1 unspecified atom stereocenters. The smallest absolute Gasteiger partial charge is 0.143 e. The molecule has 108 valence electrons. The predicted octanol–water partition coefficient (Wildman–Crippen LogP) is 1.39.